The number of hydrogen-bond acceptors (Lipinski definition) is 3. The fourth-order valence-corrected chi connectivity index (χ4v) is 6.07. The van der Waals surface area contributed by atoms with Gasteiger partial charge in [-0.15, -0.1) is 11.6 Å². The van der Waals surface area contributed by atoms with Crippen LogP contribution in [0.25, 0.3) is 0 Å². The lowest BCUT2D eigenvalue weighted by atomic mass is 9.78. The van der Waals surface area contributed by atoms with Gasteiger partial charge in [-0.2, -0.15) is 0 Å². The molecule has 28 heavy (non-hydrogen) atoms. The number of piperazine rings is 1. The van der Waals surface area contributed by atoms with E-state index in [9.17, 15) is 9.59 Å². The molecule has 4 aliphatic rings. The number of rotatable bonds is 4. The van der Waals surface area contributed by atoms with Crippen LogP contribution in [0.2, 0.25) is 0 Å². The molecule has 5 nitrogen and oxygen atoms in total. The Balaban J connectivity index is 1.51. The second-order valence-electron chi connectivity index (χ2n) is 9.88. The number of alkyl halides is 1. The molecule has 0 unspecified atom stereocenters. The van der Waals surface area contributed by atoms with Gasteiger partial charge in [0.25, 0.3) is 5.91 Å². The molecule has 0 N–H and O–H groups in total. The molecule has 2 amide bonds. The van der Waals surface area contributed by atoms with Gasteiger partial charge in [0.1, 0.15) is 12.1 Å². The van der Waals surface area contributed by atoms with E-state index >= 15 is 0 Å². The summed E-state index contributed by atoms with van der Waals surface area (Å²) in [6.45, 7) is 6.49. The predicted molar refractivity (Wildman–Crippen MR) is 111 cm³/mol. The normalized spacial score (nSPS) is 32.3. The number of nitrogens with zero attached hydrogens (tertiary/aromatic N) is 3. The summed E-state index contributed by atoms with van der Waals surface area (Å²) in [5.74, 6) is 0.808. The molecule has 2 saturated carbocycles. The molecule has 6 heteroatoms. The highest BCUT2D eigenvalue weighted by Gasteiger charge is 2.60. The molecule has 0 bridgehead atoms. The SMILES string of the molecule is CC(C)N1CC(=O)N(CC2CCC(Cl)CC2)C2(CN(C3CCCCC3)C2)C1=O. The molecule has 0 aromatic heterocycles. The van der Waals surface area contributed by atoms with Crippen LogP contribution >= 0.6 is 11.6 Å². The zero-order valence-corrected chi connectivity index (χ0v) is 18.3. The molecular formula is C22H36ClN3O2. The lowest BCUT2D eigenvalue weighted by Crippen LogP contribution is -2.82. The Labute approximate surface area is 174 Å². The van der Waals surface area contributed by atoms with Gasteiger partial charge in [0.15, 0.2) is 0 Å². The van der Waals surface area contributed by atoms with Gasteiger partial charge < -0.3 is 9.80 Å². The molecule has 0 atom stereocenters. The monoisotopic (exact) mass is 409 g/mol. The average Bonchev–Trinajstić information content (AvgIpc) is 2.65. The number of carbonyl (C=O) groups excluding carboxylic acids is 2. The maximum Gasteiger partial charge on any atom is 0.251 e. The van der Waals surface area contributed by atoms with Gasteiger partial charge in [-0.1, -0.05) is 19.3 Å². The molecule has 4 rings (SSSR count). The van der Waals surface area contributed by atoms with Crippen molar-refractivity contribution in [1.82, 2.24) is 14.7 Å². The van der Waals surface area contributed by atoms with Crippen molar-refractivity contribution in [1.29, 1.82) is 0 Å². The third kappa shape index (κ3) is 3.69. The van der Waals surface area contributed by atoms with Crippen molar-refractivity contribution in [2.75, 3.05) is 26.2 Å². The minimum absolute atomic E-state index is 0.0749. The standard InChI is InChI=1S/C22H36ClN3O2/c1-16(2)25-13-20(27)26(12-17-8-10-18(23)11-9-17)22(21(25)28)14-24(15-22)19-6-4-3-5-7-19/h16-19H,3-15H2,1-2H3. The Morgan fingerprint density at radius 3 is 2.25 bits per heavy atom. The lowest BCUT2D eigenvalue weighted by Gasteiger charge is -2.61. The Morgan fingerprint density at radius 1 is 1.00 bits per heavy atom. The van der Waals surface area contributed by atoms with Crippen LogP contribution in [0.3, 0.4) is 0 Å². The van der Waals surface area contributed by atoms with Crippen molar-refractivity contribution in [3.8, 4) is 0 Å². The van der Waals surface area contributed by atoms with Gasteiger partial charge in [-0.3, -0.25) is 14.5 Å². The topological polar surface area (TPSA) is 43.9 Å². The summed E-state index contributed by atoms with van der Waals surface area (Å²) in [5, 5.41) is 0.283. The van der Waals surface area contributed by atoms with Crippen molar-refractivity contribution < 1.29 is 9.59 Å². The Bertz CT molecular complexity index is 591. The molecule has 1 spiro atoms. The van der Waals surface area contributed by atoms with Gasteiger partial charge in [0, 0.05) is 37.1 Å². The number of hydrogen-bond donors (Lipinski definition) is 0. The molecule has 0 radical (unpaired) electrons. The predicted octanol–water partition coefficient (Wildman–Crippen LogP) is 3.25. The summed E-state index contributed by atoms with van der Waals surface area (Å²) in [7, 11) is 0. The van der Waals surface area contributed by atoms with Crippen LogP contribution in [-0.4, -0.2) is 75.7 Å². The van der Waals surface area contributed by atoms with Gasteiger partial charge in [-0.25, -0.2) is 0 Å². The van der Waals surface area contributed by atoms with Gasteiger partial charge in [0.2, 0.25) is 5.91 Å². The van der Waals surface area contributed by atoms with E-state index in [1.54, 1.807) is 0 Å². The quantitative estimate of drug-likeness (QED) is 0.669. The average molecular weight is 410 g/mol. The first-order valence-corrected chi connectivity index (χ1v) is 11.8. The molecule has 2 aliphatic carbocycles. The van der Waals surface area contributed by atoms with Crippen molar-refractivity contribution in [2.24, 2.45) is 5.92 Å². The fraction of sp³-hybridized carbons (Fsp3) is 0.909. The molecular weight excluding hydrogens is 374 g/mol. The van der Waals surface area contributed by atoms with Crippen LogP contribution in [0.1, 0.15) is 71.6 Å². The summed E-state index contributed by atoms with van der Waals surface area (Å²) in [4.78, 5) is 33.0. The first-order valence-electron chi connectivity index (χ1n) is 11.4. The molecule has 2 aliphatic heterocycles. The van der Waals surface area contributed by atoms with Crippen LogP contribution < -0.4 is 0 Å². The highest BCUT2D eigenvalue weighted by Crippen LogP contribution is 2.40. The Hall–Kier alpha value is -0.810. The van der Waals surface area contributed by atoms with Crippen molar-refractivity contribution >= 4 is 23.4 Å². The first-order chi connectivity index (χ1) is 13.4. The summed E-state index contributed by atoms with van der Waals surface area (Å²) in [6, 6.07) is 0.677. The van der Waals surface area contributed by atoms with Crippen LogP contribution in [0.4, 0.5) is 0 Å². The van der Waals surface area contributed by atoms with E-state index in [1.807, 2.05) is 23.6 Å². The highest BCUT2D eigenvalue weighted by atomic mass is 35.5. The zero-order valence-electron chi connectivity index (χ0n) is 17.5. The highest BCUT2D eigenvalue weighted by molar-refractivity contribution is 6.20. The largest absolute Gasteiger partial charge is 0.329 e. The number of carbonyl (C=O) groups is 2. The third-order valence-corrected chi connectivity index (χ3v) is 8.08. The van der Waals surface area contributed by atoms with Crippen LogP contribution in [0.5, 0.6) is 0 Å². The third-order valence-electron chi connectivity index (χ3n) is 7.64. The summed E-state index contributed by atoms with van der Waals surface area (Å²) in [6.07, 6.45) is 10.6. The van der Waals surface area contributed by atoms with Crippen LogP contribution in [-0.2, 0) is 9.59 Å². The number of amides is 2. The minimum atomic E-state index is -0.616. The van der Waals surface area contributed by atoms with Crippen LogP contribution in [0.15, 0.2) is 0 Å². The smallest absolute Gasteiger partial charge is 0.251 e. The maximum atomic E-state index is 13.5. The van der Waals surface area contributed by atoms with E-state index < -0.39 is 5.54 Å². The molecule has 0 aromatic carbocycles. The van der Waals surface area contributed by atoms with Crippen molar-refractivity contribution in [3.63, 3.8) is 0 Å². The van der Waals surface area contributed by atoms with E-state index in [-0.39, 0.29) is 29.8 Å². The summed E-state index contributed by atoms with van der Waals surface area (Å²) < 4.78 is 0. The number of halogens is 1. The van der Waals surface area contributed by atoms with Gasteiger partial charge in [0.05, 0.1) is 0 Å². The molecule has 4 fully saturated rings. The second-order valence-corrected chi connectivity index (χ2v) is 10.5. The summed E-state index contributed by atoms with van der Waals surface area (Å²) in [5.41, 5.74) is -0.616. The van der Waals surface area contributed by atoms with E-state index in [0.717, 1.165) is 45.3 Å². The summed E-state index contributed by atoms with van der Waals surface area (Å²) >= 11 is 6.28. The Kier molecular flexibility index (Phi) is 5.95. The first kappa shape index (κ1) is 20.5. The van der Waals surface area contributed by atoms with Crippen molar-refractivity contribution in [2.45, 2.75) is 94.6 Å². The molecule has 2 saturated heterocycles. The van der Waals surface area contributed by atoms with E-state index in [4.69, 9.17) is 11.6 Å². The van der Waals surface area contributed by atoms with Gasteiger partial charge >= 0.3 is 0 Å². The zero-order chi connectivity index (χ0) is 19.9. The van der Waals surface area contributed by atoms with E-state index in [2.05, 4.69) is 4.90 Å². The molecule has 158 valence electrons. The van der Waals surface area contributed by atoms with Crippen molar-refractivity contribution in [3.05, 3.63) is 0 Å². The molecule has 2 heterocycles. The minimum Gasteiger partial charge on any atom is -0.329 e. The second kappa shape index (κ2) is 8.14. The maximum absolute atomic E-state index is 13.5. The molecule has 0 aromatic rings. The number of likely N-dealkylation sites (tertiary alicyclic amines) is 1. The fourth-order valence-electron chi connectivity index (χ4n) is 5.82. The van der Waals surface area contributed by atoms with Crippen LogP contribution in [0, 0.1) is 5.92 Å². The lowest BCUT2D eigenvalue weighted by molar-refractivity contribution is -0.184. The Morgan fingerprint density at radius 2 is 1.64 bits per heavy atom. The van der Waals surface area contributed by atoms with E-state index in [1.165, 1.54) is 32.1 Å². The van der Waals surface area contributed by atoms with E-state index in [0.29, 0.717) is 12.0 Å². The van der Waals surface area contributed by atoms with Gasteiger partial charge in [-0.05, 0) is 58.3 Å².